The topological polar surface area (TPSA) is 110 Å². The number of aromatic hydroxyl groups is 1. The Morgan fingerprint density at radius 2 is 1.88 bits per heavy atom. The van der Waals surface area contributed by atoms with Gasteiger partial charge in [0.1, 0.15) is 11.5 Å². The van der Waals surface area contributed by atoms with Gasteiger partial charge in [-0.1, -0.05) is 26.0 Å². The normalized spacial score (nSPS) is 33.9. The summed E-state index contributed by atoms with van der Waals surface area (Å²) in [6.45, 7) is 7.29. The van der Waals surface area contributed by atoms with Gasteiger partial charge in [-0.3, -0.25) is 4.79 Å². The molecule has 0 unspecified atom stereocenters. The van der Waals surface area contributed by atoms with E-state index in [4.69, 9.17) is 10.5 Å². The van der Waals surface area contributed by atoms with Gasteiger partial charge in [0.2, 0.25) is 10.0 Å². The zero-order chi connectivity index (χ0) is 24.5. The number of piperidine rings is 1. The van der Waals surface area contributed by atoms with Crippen LogP contribution >= 0.6 is 0 Å². The van der Waals surface area contributed by atoms with E-state index in [-0.39, 0.29) is 35.1 Å². The fourth-order valence-electron chi connectivity index (χ4n) is 7.32. The minimum Gasteiger partial charge on any atom is -0.507 e. The molecule has 2 bridgehead atoms. The molecule has 0 aromatic heterocycles. The van der Waals surface area contributed by atoms with E-state index in [1.165, 1.54) is 0 Å². The van der Waals surface area contributed by atoms with Crippen LogP contribution in [-0.4, -0.2) is 55.1 Å². The molecule has 0 radical (unpaired) electrons. The van der Waals surface area contributed by atoms with Crippen molar-refractivity contribution in [2.45, 2.75) is 71.5 Å². The van der Waals surface area contributed by atoms with E-state index >= 15 is 0 Å². The van der Waals surface area contributed by atoms with Crippen LogP contribution in [0.1, 0.15) is 68.7 Å². The number of phenols is 1. The predicted octanol–water partition coefficient (Wildman–Crippen LogP) is 3.08. The highest BCUT2D eigenvalue weighted by Gasteiger charge is 2.65. The van der Waals surface area contributed by atoms with Crippen molar-refractivity contribution in [1.29, 1.82) is 0 Å². The number of carbonyl (C=O) groups is 1. The van der Waals surface area contributed by atoms with Crippen LogP contribution in [0.2, 0.25) is 0 Å². The van der Waals surface area contributed by atoms with Crippen molar-refractivity contribution in [3.05, 3.63) is 28.8 Å². The Hall–Kier alpha value is -1.48. The van der Waals surface area contributed by atoms with E-state index in [9.17, 15) is 18.3 Å². The second-order valence-corrected chi connectivity index (χ2v) is 13.5. The summed E-state index contributed by atoms with van der Waals surface area (Å²) >= 11 is 0. The highest BCUT2D eigenvalue weighted by molar-refractivity contribution is 7.89. The van der Waals surface area contributed by atoms with Crippen molar-refractivity contribution in [1.82, 2.24) is 4.31 Å². The standard InChI is InChI=1S/C26H38N2O5S/c1-16-4-5-19-20(24(16)30)13-21(33-22(19)14-27)17-7-10-28(11-8-17)34(31,32)15-26-9-6-18(12-23(26)29)25(26,2)3/h4-5,17-18,21-22,30H,6-15,27H2,1-3H3/t18-,21-,22-,26-/m0/s1. The zero-order valence-electron chi connectivity index (χ0n) is 20.5. The first-order valence-electron chi connectivity index (χ1n) is 12.7. The van der Waals surface area contributed by atoms with E-state index in [0.29, 0.717) is 63.4 Å². The van der Waals surface area contributed by atoms with Crippen LogP contribution in [0.5, 0.6) is 5.75 Å². The Balaban J connectivity index is 1.28. The minimum atomic E-state index is -3.53. The maximum absolute atomic E-state index is 13.5. The van der Waals surface area contributed by atoms with Gasteiger partial charge >= 0.3 is 0 Å². The van der Waals surface area contributed by atoms with Crippen LogP contribution in [0.25, 0.3) is 0 Å². The molecule has 1 aromatic carbocycles. The van der Waals surface area contributed by atoms with Gasteiger partial charge in [-0.15, -0.1) is 0 Å². The number of phenolic OH excluding ortho intramolecular Hbond substituents is 1. The summed E-state index contributed by atoms with van der Waals surface area (Å²) in [6, 6.07) is 3.89. The summed E-state index contributed by atoms with van der Waals surface area (Å²) in [7, 11) is -3.53. The molecule has 0 amide bonds. The SMILES string of the molecule is Cc1ccc2c(c1O)C[C@@H](C1CCN(S(=O)(=O)C[C@@]34CC[C@@H](CC3=O)C4(C)C)CC1)O[C@H]2CN. The fourth-order valence-corrected chi connectivity index (χ4v) is 9.57. The number of ketones is 1. The van der Waals surface area contributed by atoms with Crippen LogP contribution in [0, 0.1) is 29.6 Å². The molecule has 7 nitrogen and oxygen atoms in total. The van der Waals surface area contributed by atoms with E-state index in [0.717, 1.165) is 23.1 Å². The number of ether oxygens (including phenoxy) is 1. The van der Waals surface area contributed by atoms with Crippen molar-refractivity contribution in [2.24, 2.45) is 28.4 Å². The lowest BCUT2D eigenvalue weighted by Crippen LogP contribution is -2.49. The van der Waals surface area contributed by atoms with Crippen molar-refractivity contribution in [3.63, 3.8) is 0 Å². The summed E-state index contributed by atoms with van der Waals surface area (Å²) in [4.78, 5) is 12.9. The van der Waals surface area contributed by atoms with Gasteiger partial charge < -0.3 is 15.6 Å². The summed E-state index contributed by atoms with van der Waals surface area (Å²) in [5.74, 6) is 0.921. The summed E-state index contributed by atoms with van der Waals surface area (Å²) in [5.41, 5.74) is 7.73. The van der Waals surface area contributed by atoms with Crippen molar-refractivity contribution >= 4 is 15.8 Å². The molecule has 5 rings (SSSR count). The lowest BCUT2D eigenvalue weighted by atomic mass is 9.70. The molecule has 34 heavy (non-hydrogen) atoms. The Morgan fingerprint density at radius 1 is 1.18 bits per heavy atom. The van der Waals surface area contributed by atoms with Gasteiger partial charge in [0.25, 0.3) is 0 Å². The quantitative estimate of drug-likeness (QED) is 0.656. The highest BCUT2D eigenvalue weighted by Crippen LogP contribution is 2.64. The number of sulfonamides is 1. The molecule has 2 aliphatic heterocycles. The number of fused-ring (bicyclic) bond motifs is 3. The molecule has 1 saturated heterocycles. The monoisotopic (exact) mass is 490 g/mol. The van der Waals surface area contributed by atoms with Crippen LogP contribution in [-0.2, 0) is 26.0 Å². The minimum absolute atomic E-state index is 0.0529. The number of benzene rings is 1. The second kappa shape index (κ2) is 8.29. The highest BCUT2D eigenvalue weighted by atomic mass is 32.2. The van der Waals surface area contributed by atoms with Gasteiger partial charge in [0.05, 0.1) is 18.0 Å². The first-order chi connectivity index (χ1) is 16.0. The molecule has 0 spiro atoms. The number of nitrogens with zero attached hydrogens (tertiary/aromatic N) is 1. The maximum atomic E-state index is 13.5. The summed E-state index contributed by atoms with van der Waals surface area (Å²) in [6.07, 6.45) is 3.84. The average Bonchev–Trinajstić information content (AvgIpc) is 3.15. The number of Topliss-reactive ketones (excluding diaryl/α,β-unsaturated/α-hetero) is 1. The van der Waals surface area contributed by atoms with Crippen LogP contribution in [0.15, 0.2) is 12.1 Å². The van der Waals surface area contributed by atoms with E-state index < -0.39 is 15.4 Å². The van der Waals surface area contributed by atoms with Gasteiger partial charge in [0.15, 0.2) is 0 Å². The molecule has 8 heteroatoms. The fraction of sp³-hybridized carbons (Fsp3) is 0.731. The molecular weight excluding hydrogens is 452 g/mol. The Morgan fingerprint density at radius 3 is 2.47 bits per heavy atom. The van der Waals surface area contributed by atoms with Gasteiger partial charge in [-0.2, -0.15) is 0 Å². The van der Waals surface area contributed by atoms with Crippen LogP contribution in [0.4, 0.5) is 0 Å². The Bertz CT molecular complexity index is 1090. The van der Waals surface area contributed by atoms with Gasteiger partial charge in [-0.05, 0) is 61.0 Å². The molecule has 2 heterocycles. The molecular formula is C26H38N2O5S. The van der Waals surface area contributed by atoms with Crippen LogP contribution < -0.4 is 5.73 Å². The molecule has 3 fully saturated rings. The van der Waals surface area contributed by atoms with Crippen LogP contribution in [0.3, 0.4) is 0 Å². The third-order valence-corrected chi connectivity index (χ3v) is 11.8. The Kier molecular flexibility index (Phi) is 5.90. The molecule has 4 aliphatic rings. The largest absolute Gasteiger partial charge is 0.507 e. The first kappa shape index (κ1) is 24.2. The average molecular weight is 491 g/mol. The van der Waals surface area contributed by atoms with Crippen molar-refractivity contribution < 1.29 is 23.1 Å². The van der Waals surface area contributed by atoms with Crippen molar-refractivity contribution in [2.75, 3.05) is 25.4 Å². The van der Waals surface area contributed by atoms with E-state index in [1.807, 2.05) is 19.1 Å². The lowest BCUT2D eigenvalue weighted by molar-refractivity contribution is -0.128. The number of hydrogen-bond acceptors (Lipinski definition) is 6. The number of carbonyl (C=O) groups excluding carboxylic acids is 1. The third-order valence-electron chi connectivity index (χ3n) is 9.81. The third kappa shape index (κ3) is 3.55. The maximum Gasteiger partial charge on any atom is 0.215 e. The molecule has 188 valence electrons. The van der Waals surface area contributed by atoms with Gasteiger partial charge in [0, 0.05) is 43.5 Å². The molecule has 2 aliphatic carbocycles. The molecule has 1 aromatic rings. The van der Waals surface area contributed by atoms with E-state index in [1.54, 1.807) is 4.31 Å². The number of nitrogens with two attached hydrogens (primary N) is 1. The molecule has 3 N–H and O–H groups in total. The number of hydrogen-bond donors (Lipinski definition) is 2. The predicted molar refractivity (Wildman–Crippen MR) is 130 cm³/mol. The summed E-state index contributed by atoms with van der Waals surface area (Å²) in [5, 5.41) is 10.7. The Labute approximate surface area is 203 Å². The summed E-state index contributed by atoms with van der Waals surface area (Å²) < 4.78 is 34.9. The second-order valence-electron chi connectivity index (χ2n) is 11.6. The smallest absolute Gasteiger partial charge is 0.215 e. The van der Waals surface area contributed by atoms with E-state index in [2.05, 4.69) is 13.8 Å². The first-order valence-corrected chi connectivity index (χ1v) is 14.3. The number of rotatable bonds is 5. The molecule has 4 atom stereocenters. The van der Waals surface area contributed by atoms with Crippen molar-refractivity contribution in [3.8, 4) is 5.75 Å². The number of aryl methyl sites for hydroxylation is 1. The lowest BCUT2D eigenvalue weighted by Gasteiger charge is -2.41. The molecule has 2 saturated carbocycles. The zero-order valence-corrected chi connectivity index (χ0v) is 21.4. The van der Waals surface area contributed by atoms with Gasteiger partial charge in [-0.25, -0.2) is 12.7 Å².